The molecule has 0 radical (unpaired) electrons. The van der Waals surface area contributed by atoms with Gasteiger partial charge in [0.1, 0.15) is 5.01 Å². The first-order chi connectivity index (χ1) is 10.6. The summed E-state index contributed by atoms with van der Waals surface area (Å²) >= 11 is 1.45. The molecule has 1 aromatic carbocycles. The Labute approximate surface area is 146 Å². The first-order valence-corrected chi connectivity index (χ1v) is 8.30. The zero-order chi connectivity index (χ0) is 15.6. The van der Waals surface area contributed by atoms with Crippen molar-refractivity contribution in [3.63, 3.8) is 0 Å². The maximum Gasteiger partial charge on any atom is 0.230 e. The highest BCUT2D eigenvalue weighted by atomic mass is 35.5. The Balaban J connectivity index is 0.00000192. The second-order valence-electron chi connectivity index (χ2n) is 6.08. The molecular weight excluding hydrogens is 332 g/mol. The smallest absolute Gasteiger partial charge is 0.230 e. The van der Waals surface area contributed by atoms with Gasteiger partial charge in [-0.2, -0.15) is 0 Å². The van der Waals surface area contributed by atoms with Gasteiger partial charge in [0.2, 0.25) is 11.0 Å². The van der Waals surface area contributed by atoms with E-state index >= 15 is 0 Å². The van der Waals surface area contributed by atoms with Crippen molar-refractivity contribution in [1.82, 2.24) is 15.5 Å². The summed E-state index contributed by atoms with van der Waals surface area (Å²) in [5, 5.41) is 16.0. The normalized spacial score (nSPS) is 17.6. The summed E-state index contributed by atoms with van der Waals surface area (Å²) in [6, 6.07) is 10.2. The van der Waals surface area contributed by atoms with Crippen LogP contribution in [0.15, 0.2) is 30.3 Å². The molecule has 1 aromatic heterocycles. The average Bonchev–Trinajstić information content (AvgIpc) is 3.19. The molecule has 2 aromatic rings. The average molecular weight is 353 g/mol. The minimum absolute atomic E-state index is 0. The van der Waals surface area contributed by atoms with Gasteiger partial charge in [0.25, 0.3) is 0 Å². The van der Waals surface area contributed by atoms with Crippen LogP contribution in [0.3, 0.4) is 0 Å². The van der Waals surface area contributed by atoms with Crippen LogP contribution in [0.5, 0.6) is 0 Å². The van der Waals surface area contributed by atoms with E-state index < -0.39 is 0 Å². The summed E-state index contributed by atoms with van der Waals surface area (Å²) < 4.78 is 0. The van der Waals surface area contributed by atoms with Crippen molar-refractivity contribution in [2.75, 3.05) is 18.4 Å². The Kier molecular flexibility index (Phi) is 5.73. The topological polar surface area (TPSA) is 66.9 Å². The lowest BCUT2D eigenvalue weighted by Crippen LogP contribution is -2.24. The highest BCUT2D eigenvalue weighted by Gasteiger charge is 2.28. The van der Waals surface area contributed by atoms with Crippen molar-refractivity contribution in [3.05, 3.63) is 40.9 Å². The number of carbonyl (C=O) groups is 1. The summed E-state index contributed by atoms with van der Waals surface area (Å²) in [5.74, 6) is 0.0692. The van der Waals surface area contributed by atoms with Crippen LogP contribution in [0.25, 0.3) is 0 Å². The molecule has 124 valence electrons. The lowest BCUT2D eigenvalue weighted by Gasteiger charge is -2.21. The Morgan fingerprint density at radius 1 is 1.30 bits per heavy atom. The van der Waals surface area contributed by atoms with Crippen LogP contribution in [-0.2, 0) is 10.2 Å². The first-order valence-electron chi connectivity index (χ1n) is 7.48. The number of rotatable bonds is 4. The van der Waals surface area contributed by atoms with Gasteiger partial charge in [-0.1, -0.05) is 41.7 Å². The number of carbonyl (C=O) groups excluding carboxylic acids is 1. The van der Waals surface area contributed by atoms with Crippen LogP contribution in [0.2, 0.25) is 0 Å². The number of hydrogen-bond acceptors (Lipinski definition) is 5. The van der Waals surface area contributed by atoms with Gasteiger partial charge in [-0.15, -0.1) is 22.6 Å². The molecule has 2 N–H and O–H groups in total. The molecule has 1 saturated heterocycles. The largest absolute Gasteiger partial charge is 0.316 e. The second kappa shape index (κ2) is 7.38. The van der Waals surface area contributed by atoms with Crippen LogP contribution < -0.4 is 10.6 Å². The molecular formula is C16H21ClN4OS. The molecule has 1 amide bonds. The summed E-state index contributed by atoms with van der Waals surface area (Å²) in [5.41, 5.74) is 0.959. The lowest BCUT2D eigenvalue weighted by atomic mass is 9.85. The lowest BCUT2D eigenvalue weighted by molar-refractivity contribution is -0.119. The van der Waals surface area contributed by atoms with Gasteiger partial charge >= 0.3 is 0 Å². The van der Waals surface area contributed by atoms with E-state index in [1.807, 2.05) is 18.2 Å². The number of amides is 1. The van der Waals surface area contributed by atoms with E-state index in [9.17, 15) is 4.79 Å². The quantitative estimate of drug-likeness (QED) is 0.887. The molecule has 0 spiro atoms. The van der Waals surface area contributed by atoms with Crippen molar-refractivity contribution in [2.45, 2.75) is 25.7 Å². The van der Waals surface area contributed by atoms with Crippen LogP contribution in [-0.4, -0.2) is 29.2 Å². The summed E-state index contributed by atoms with van der Waals surface area (Å²) in [7, 11) is 0. The number of nitrogens with one attached hydrogen (secondary N) is 2. The highest BCUT2D eigenvalue weighted by molar-refractivity contribution is 7.15. The van der Waals surface area contributed by atoms with E-state index in [-0.39, 0.29) is 29.6 Å². The van der Waals surface area contributed by atoms with E-state index in [0.717, 1.165) is 24.5 Å². The standard InChI is InChI=1S/C16H20N4OS.ClH/c1-16(2,12-6-4-3-5-7-12)14-19-20-15(22-14)18-13(21)11-8-9-17-10-11;/h3-7,11,17H,8-10H2,1-2H3,(H,18,20,21);1H. The SMILES string of the molecule is CC(C)(c1ccccc1)c1nnc(NC(=O)C2CCNC2)s1.Cl. The van der Waals surface area contributed by atoms with Gasteiger partial charge < -0.3 is 10.6 Å². The van der Waals surface area contributed by atoms with Crippen molar-refractivity contribution in [2.24, 2.45) is 5.92 Å². The molecule has 0 aliphatic carbocycles. The van der Waals surface area contributed by atoms with E-state index in [2.05, 4.69) is 46.8 Å². The molecule has 1 aliphatic heterocycles. The van der Waals surface area contributed by atoms with Crippen molar-refractivity contribution in [1.29, 1.82) is 0 Å². The number of aromatic nitrogens is 2. The Bertz CT molecular complexity index is 653. The molecule has 0 bridgehead atoms. The van der Waals surface area contributed by atoms with Gasteiger partial charge in [0, 0.05) is 12.0 Å². The molecule has 7 heteroatoms. The van der Waals surface area contributed by atoms with E-state index in [4.69, 9.17) is 0 Å². The molecule has 1 aliphatic rings. The summed E-state index contributed by atoms with van der Waals surface area (Å²) in [6.45, 7) is 5.89. The zero-order valence-corrected chi connectivity index (χ0v) is 14.8. The van der Waals surface area contributed by atoms with Crippen LogP contribution in [0.4, 0.5) is 5.13 Å². The molecule has 1 fully saturated rings. The molecule has 1 unspecified atom stereocenters. The minimum atomic E-state index is -0.225. The van der Waals surface area contributed by atoms with E-state index in [1.165, 1.54) is 16.9 Å². The molecule has 5 nitrogen and oxygen atoms in total. The molecule has 0 saturated carbocycles. The minimum Gasteiger partial charge on any atom is -0.316 e. The van der Waals surface area contributed by atoms with Crippen LogP contribution >= 0.6 is 23.7 Å². The fraction of sp³-hybridized carbons (Fsp3) is 0.438. The van der Waals surface area contributed by atoms with Crippen molar-refractivity contribution in [3.8, 4) is 0 Å². The third kappa shape index (κ3) is 3.88. The Morgan fingerprint density at radius 3 is 2.70 bits per heavy atom. The monoisotopic (exact) mass is 352 g/mol. The van der Waals surface area contributed by atoms with E-state index in [1.54, 1.807) is 0 Å². The predicted octanol–water partition coefficient (Wildman–Crippen LogP) is 2.83. The van der Waals surface area contributed by atoms with Gasteiger partial charge in [0.15, 0.2) is 0 Å². The van der Waals surface area contributed by atoms with Gasteiger partial charge in [-0.3, -0.25) is 4.79 Å². The number of nitrogens with zero attached hydrogens (tertiary/aromatic N) is 2. The fourth-order valence-corrected chi connectivity index (χ4v) is 3.46. The summed E-state index contributed by atoms with van der Waals surface area (Å²) in [6.07, 6.45) is 0.882. The molecule has 3 rings (SSSR count). The highest BCUT2D eigenvalue weighted by Crippen LogP contribution is 2.34. The van der Waals surface area contributed by atoms with Gasteiger partial charge in [-0.05, 0) is 32.4 Å². The predicted molar refractivity (Wildman–Crippen MR) is 95.3 cm³/mol. The molecule has 1 atom stereocenters. The van der Waals surface area contributed by atoms with Crippen LogP contribution in [0.1, 0.15) is 30.8 Å². The number of hydrogen-bond donors (Lipinski definition) is 2. The van der Waals surface area contributed by atoms with Crippen molar-refractivity contribution < 1.29 is 4.79 Å². The maximum atomic E-state index is 12.1. The molecule has 23 heavy (non-hydrogen) atoms. The summed E-state index contributed by atoms with van der Waals surface area (Å²) in [4.78, 5) is 12.1. The fourth-order valence-electron chi connectivity index (χ4n) is 2.59. The van der Waals surface area contributed by atoms with Gasteiger partial charge in [-0.25, -0.2) is 0 Å². The molecule has 2 heterocycles. The third-order valence-electron chi connectivity index (χ3n) is 4.12. The van der Waals surface area contributed by atoms with E-state index in [0.29, 0.717) is 5.13 Å². The van der Waals surface area contributed by atoms with Gasteiger partial charge in [0.05, 0.1) is 5.92 Å². The van der Waals surface area contributed by atoms with Crippen molar-refractivity contribution >= 4 is 34.8 Å². The zero-order valence-electron chi connectivity index (χ0n) is 13.2. The number of halogens is 1. The number of benzene rings is 1. The van der Waals surface area contributed by atoms with Crippen LogP contribution in [0, 0.1) is 5.92 Å². The second-order valence-corrected chi connectivity index (χ2v) is 7.06. The third-order valence-corrected chi connectivity index (χ3v) is 5.28. The Morgan fingerprint density at radius 2 is 2.04 bits per heavy atom. The Hall–Kier alpha value is -1.50. The first kappa shape index (κ1) is 17.8. The number of anilines is 1. The maximum absolute atomic E-state index is 12.1.